The summed E-state index contributed by atoms with van der Waals surface area (Å²) in [5.41, 5.74) is -1.72. The van der Waals surface area contributed by atoms with Crippen LogP contribution < -0.4 is 4.53 Å². The SMILES string of the molecule is CCOC(=O)C(=NN(Cl)c1ccc(C(F)(F)F)cc1Cl)C(C)=O. The highest BCUT2D eigenvalue weighted by Crippen LogP contribution is 2.35. The van der Waals surface area contributed by atoms with Gasteiger partial charge in [-0.25, -0.2) is 4.79 Å². The first kappa shape index (κ1) is 19.2. The standard InChI is InChI=1S/C13H11Cl2F3N2O3/c1-3-23-12(22)11(7(2)21)19-20(15)10-5-4-8(6-9(10)14)13(16,17)18/h4-6H,3H2,1-2H3. The summed E-state index contributed by atoms with van der Waals surface area (Å²) in [4.78, 5) is 23.0. The number of hydrogen-bond donors (Lipinski definition) is 0. The molecule has 0 bridgehead atoms. The zero-order chi connectivity index (χ0) is 17.8. The Hall–Kier alpha value is -1.80. The largest absolute Gasteiger partial charge is 0.461 e. The summed E-state index contributed by atoms with van der Waals surface area (Å²) in [6, 6.07) is 2.36. The normalized spacial score (nSPS) is 12.0. The molecule has 0 aliphatic carbocycles. The van der Waals surface area contributed by atoms with Crippen molar-refractivity contribution in [2.24, 2.45) is 5.10 Å². The molecule has 126 valence electrons. The molecule has 0 saturated heterocycles. The minimum Gasteiger partial charge on any atom is -0.461 e. The Bertz CT molecular complexity index is 648. The molecule has 0 heterocycles. The van der Waals surface area contributed by atoms with Crippen LogP contribution in [0.4, 0.5) is 18.9 Å². The van der Waals surface area contributed by atoms with Gasteiger partial charge in [0.15, 0.2) is 5.78 Å². The summed E-state index contributed by atoms with van der Waals surface area (Å²) in [5, 5.41) is 3.19. The van der Waals surface area contributed by atoms with Crippen molar-refractivity contribution in [3.05, 3.63) is 28.8 Å². The lowest BCUT2D eigenvalue weighted by atomic mass is 10.2. The number of ketones is 1. The van der Waals surface area contributed by atoms with Crippen LogP contribution in [0.15, 0.2) is 23.3 Å². The van der Waals surface area contributed by atoms with Crippen molar-refractivity contribution < 1.29 is 27.5 Å². The highest BCUT2D eigenvalue weighted by molar-refractivity contribution is 6.64. The van der Waals surface area contributed by atoms with E-state index in [2.05, 4.69) is 9.84 Å². The fraction of sp³-hybridized carbons (Fsp3) is 0.308. The number of rotatable bonds is 5. The van der Waals surface area contributed by atoms with Crippen LogP contribution in [0.3, 0.4) is 0 Å². The molecule has 1 aromatic rings. The van der Waals surface area contributed by atoms with Gasteiger partial charge in [-0.1, -0.05) is 11.6 Å². The van der Waals surface area contributed by atoms with Gasteiger partial charge in [-0.2, -0.15) is 17.7 Å². The summed E-state index contributed by atoms with van der Waals surface area (Å²) in [6.07, 6.45) is -4.57. The third kappa shape index (κ3) is 5.11. The topological polar surface area (TPSA) is 59.0 Å². The van der Waals surface area contributed by atoms with Gasteiger partial charge in [0.2, 0.25) is 5.71 Å². The van der Waals surface area contributed by atoms with E-state index in [4.69, 9.17) is 23.4 Å². The third-order valence-electron chi connectivity index (χ3n) is 2.46. The number of halogens is 5. The monoisotopic (exact) mass is 370 g/mol. The van der Waals surface area contributed by atoms with Crippen LogP contribution in [-0.2, 0) is 20.5 Å². The maximum atomic E-state index is 12.6. The molecule has 23 heavy (non-hydrogen) atoms. The van der Waals surface area contributed by atoms with Crippen LogP contribution in [0.25, 0.3) is 0 Å². The highest BCUT2D eigenvalue weighted by atomic mass is 35.5. The fourth-order valence-corrected chi connectivity index (χ4v) is 1.96. The second-order valence-corrected chi connectivity index (χ2v) is 4.88. The number of Topliss-reactive ketones (excluding diaryl/α,β-unsaturated/α-hetero) is 1. The number of hydrazone groups is 1. The molecule has 0 saturated carbocycles. The van der Waals surface area contributed by atoms with E-state index >= 15 is 0 Å². The highest BCUT2D eigenvalue weighted by Gasteiger charge is 2.31. The van der Waals surface area contributed by atoms with Gasteiger partial charge in [-0.15, -0.1) is 5.10 Å². The summed E-state index contributed by atoms with van der Waals surface area (Å²) in [5.74, 6) is -1.73. The lowest BCUT2D eigenvalue weighted by Gasteiger charge is -2.14. The zero-order valence-electron chi connectivity index (χ0n) is 11.9. The van der Waals surface area contributed by atoms with Gasteiger partial charge >= 0.3 is 12.1 Å². The van der Waals surface area contributed by atoms with Gasteiger partial charge in [0.05, 0.1) is 22.9 Å². The van der Waals surface area contributed by atoms with Crippen LogP contribution in [0.1, 0.15) is 19.4 Å². The van der Waals surface area contributed by atoms with Crippen LogP contribution in [0, 0.1) is 0 Å². The van der Waals surface area contributed by atoms with E-state index in [1.54, 1.807) is 0 Å². The fourth-order valence-electron chi connectivity index (χ4n) is 1.43. The van der Waals surface area contributed by atoms with E-state index in [0.717, 1.165) is 19.1 Å². The smallest absolute Gasteiger partial charge is 0.416 e. The molecule has 0 N–H and O–H groups in total. The van der Waals surface area contributed by atoms with Crippen molar-refractivity contribution in [3.63, 3.8) is 0 Å². The van der Waals surface area contributed by atoms with Crippen molar-refractivity contribution >= 4 is 46.5 Å². The molecule has 0 aliphatic rings. The zero-order valence-corrected chi connectivity index (χ0v) is 13.5. The lowest BCUT2D eigenvalue weighted by molar-refractivity contribution is -0.138. The number of carbonyl (C=O) groups excluding carboxylic acids is 2. The number of nitrogens with zero attached hydrogens (tertiary/aromatic N) is 2. The minimum absolute atomic E-state index is 0.00839. The molecule has 0 radical (unpaired) electrons. The molecule has 1 rings (SSSR count). The van der Waals surface area contributed by atoms with E-state index < -0.39 is 29.2 Å². The number of benzene rings is 1. The second-order valence-electron chi connectivity index (χ2n) is 4.15. The first-order valence-corrected chi connectivity index (χ1v) is 6.88. The molecule has 0 amide bonds. The first-order valence-electron chi connectivity index (χ1n) is 6.17. The van der Waals surface area contributed by atoms with Crippen molar-refractivity contribution in [1.82, 2.24) is 0 Å². The summed E-state index contributed by atoms with van der Waals surface area (Å²) < 4.78 is 42.9. The number of esters is 1. The Balaban J connectivity index is 3.17. The number of hydrogen-bond acceptors (Lipinski definition) is 5. The molecule has 0 aliphatic heterocycles. The average Bonchev–Trinajstić information content (AvgIpc) is 2.43. The molecular weight excluding hydrogens is 360 g/mol. The Morgan fingerprint density at radius 3 is 2.39 bits per heavy atom. The van der Waals surface area contributed by atoms with Gasteiger partial charge in [-0.05, 0) is 25.1 Å². The van der Waals surface area contributed by atoms with Gasteiger partial charge in [0.1, 0.15) is 0 Å². The first-order chi connectivity index (χ1) is 10.6. The van der Waals surface area contributed by atoms with Crippen LogP contribution >= 0.6 is 23.4 Å². The van der Waals surface area contributed by atoms with Crippen molar-refractivity contribution in [2.75, 3.05) is 11.1 Å². The minimum atomic E-state index is -4.57. The second kappa shape index (κ2) is 7.65. The Morgan fingerprint density at radius 1 is 1.35 bits per heavy atom. The van der Waals surface area contributed by atoms with Crippen LogP contribution in [0.5, 0.6) is 0 Å². The molecule has 1 aromatic carbocycles. The predicted octanol–water partition coefficient (Wildman–Crippen LogP) is 3.83. The third-order valence-corrected chi connectivity index (χ3v) is 3.02. The molecule has 0 fully saturated rings. The average molecular weight is 371 g/mol. The summed E-state index contributed by atoms with van der Waals surface area (Å²) >= 11 is 11.5. The molecule has 0 unspecified atom stereocenters. The Labute approximate surface area is 139 Å². The number of ether oxygens (including phenoxy) is 1. The van der Waals surface area contributed by atoms with Gasteiger partial charge < -0.3 is 4.74 Å². The Morgan fingerprint density at radius 2 is 1.96 bits per heavy atom. The molecule has 5 nitrogen and oxygen atoms in total. The Kier molecular flexibility index (Phi) is 6.40. The quantitative estimate of drug-likeness (QED) is 0.260. The van der Waals surface area contributed by atoms with Gasteiger partial charge in [0, 0.05) is 18.7 Å². The van der Waals surface area contributed by atoms with Gasteiger partial charge in [0.25, 0.3) is 0 Å². The van der Waals surface area contributed by atoms with Crippen molar-refractivity contribution in [2.45, 2.75) is 20.0 Å². The molecule has 10 heteroatoms. The van der Waals surface area contributed by atoms with Crippen LogP contribution in [0.2, 0.25) is 5.02 Å². The number of alkyl halides is 3. The van der Waals surface area contributed by atoms with Crippen molar-refractivity contribution in [1.29, 1.82) is 0 Å². The van der Waals surface area contributed by atoms with Crippen LogP contribution in [-0.4, -0.2) is 24.1 Å². The molecular formula is C13H11Cl2F3N2O3. The molecule has 0 spiro atoms. The van der Waals surface area contributed by atoms with Gasteiger partial charge in [-0.3, -0.25) is 4.79 Å². The number of carbonyl (C=O) groups is 2. The predicted molar refractivity (Wildman–Crippen MR) is 79.5 cm³/mol. The molecule has 0 atom stereocenters. The summed E-state index contributed by atoms with van der Waals surface area (Å²) in [6.45, 7) is 2.60. The van der Waals surface area contributed by atoms with E-state index in [1.165, 1.54) is 6.92 Å². The van der Waals surface area contributed by atoms with E-state index in [1.807, 2.05) is 0 Å². The molecule has 0 aromatic heterocycles. The van der Waals surface area contributed by atoms with E-state index in [9.17, 15) is 22.8 Å². The lowest BCUT2D eigenvalue weighted by Crippen LogP contribution is -2.26. The van der Waals surface area contributed by atoms with E-state index in [-0.39, 0.29) is 17.3 Å². The maximum absolute atomic E-state index is 12.6. The maximum Gasteiger partial charge on any atom is 0.416 e. The van der Waals surface area contributed by atoms with Crippen molar-refractivity contribution in [3.8, 4) is 0 Å². The summed E-state index contributed by atoms with van der Waals surface area (Å²) in [7, 11) is 0. The van der Waals surface area contributed by atoms with E-state index in [0.29, 0.717) is 10.6 Å². The number of anilines is 1.